The van der Waals surface area contributed by atoms with Crippen LogP contribution in [0.1, 0.15) is 30.4 Å². The number of carbonyl (C=O) groups is 1. The van der Waals surface area contributed by atoms with Crippen LogP contribution in [0.5, 0.6) is 0 Å². The monoisotopic (exact) mass is 416 g/mol. The molecule has 1 aromatic heterocycles. The smallest absolute Gasteiger partial charge is 0.408 e. The van der Waals surface area contributed by atoms with E-state index >= 15 is 0 Å². The molecule has 0 amide bonds. The van der Waals surface area contributed by atoms with Crippen molar-refractivity contribution in [2.45, 2.75) is 43.8 Å². The summed E-state index contributed by atoms with van der Waals surface area (Å²) in [7, 11) is 0. The van der Waals surface area contributed by atoms with E-state index < -0.39 is 41.8 Å². The molecule has 2 fully saturated rings. The van der Waals surface area contributed by atoms with Crippen molar-refractivity contribution in [1.82, 2.24) is 4.98 Å². The van der Waals surface area contributed by atoms with Crippen molar-refractivity contribution in [3.63, 3.8) is 0 Å². The topological polar surface area (TPSA) is 61.0 Å². The van der Waals surface area contributed by atoms with Crippen LogP contribution in [-0.4, -0.2) is 47.9 Å². The molecule has 0 saturated carbocycles. The zero-order valence-electron chi connectivity index (χ0n) is 15.1. The fourth-order valence-corrected chi connectivity index (χ4v) is 4.29. The molecule has 29 heavy (non-hydrogen) atoms. The number of rotatable bonds is 4. The first-order valence-corrected chi connectivity index (χ1v) is 9.15. The van der Waals surface area contributed by atoms with Gasteiger partial charge in [0.05, 0.1) is 13.0 Å². The summed E-state index contributed by atoms with van der Waals surface area (Å²) in [4.78, 5) is 20.8. The van der Waals surface area contributed by atoms with Crippen molar-refractivity contribution in [1.29, 1.82) is 0 Å². The van der Waals surface area contributed by atoms with Gasteiger partial charge in [0, 0.05) is 37.5 Å². The third-order valence-corrected chi connectivity index (χ3v) is 5.79. The number of nitrogens with zero attached hydrogens (tertiary/aromatic N) is 4. The summed E-state index contributed by atoms with van der Waals surface area (Å²) >= 11 is 0. The number of carboxylic acids is 1. The number of anilines is 2. The van der Waals surface area contributed by atoms with Gasteiger partial charge in [-0.1, -0.05) is 0 Å². The number of hydrogen-bond acceptors (Lipinski definition) is 4. The first-order chi connectivity index (χ1) is 13.5. The first-order valence-electron chi connectivity index (χ1n) is 9.15. The normalized spacial score (nSPS) is 23.2. The summed E-state index contributed by atoms with van der Waals surface area (Å²) in [6.45, 7) is 7.88. The molecular formula is C18H17F5N4O2. The molecule has 3 aliphatic rings. The lowest BCUT2D eigenvalue weighted by Gasteiger charge is -2.45. The summed E-state index contributed by atoms with van der Waals surface area (Å²) < 4.78 is 68.9. The van der Waals surface area contributed by atoms with Gasteiger partial charge in [0.2, 0.25) is 5.69 Å². The zero-order valence-corrected chi connectivity index (χ0v) is 15.1. The van der Waals surface area contributed by atoms with Crippen LogP contribution >= 0.6 is 0 Å². The molecule has 4 rings (SSSR count). The highest BCUT2D eigenvalue weighted by Gasteiger charge is 2.52. The molecule has 0 bridgehead atoms. The Bertz CT molecular complexity index is 905. The molecule has 0 unspecified atom stereocenters. The second-order valence-electron chi connectivity index (χ2n) is 7.69. The van der Waals surface area contributed by atoms with Gasteiger partial charge in [-0.15, -0.1) is 0 Å². The molecule has 2 aliphatic heterocycles. The minimum absolute atomic E-state index is 0.0227. The number of aliphatic carboxylic acids is 1. The Labute approximate surface area is 162 Å². The van der Waals surface area contributed by atoms with Crippen LogP contribution in [0.3, 0.4) is 0 Å². The lowest BCUT2D eigenvalue weighted by molar-refractivity contribution is -0.159. The standard InChI is InChI=1S/C18H17F5N4O2/c1-24-14-13-10(2-4-17(13,19)20)15(26-7-9(8-26)6-12(28)29)25-16(14)27-5-3-11(27)18(21,22)23/h9,11H,2-8H2,(H,28,29)/t11-/m0/s1. The summed E-state index contributed by atoms with van der Waals surface area (Å²) in [6, 6.07) is -1.85. The fourth-order valence-electron chi connectivity index (χ4n) is 4.29. The van der Waals surface area contributed by atoms with E-state index in [-0.39, 0.29) is 62.0 Å². The van der Waals surface area contributed by atoms with Crippen LogP contribution < -0.4 is 9.80 Å². The fraction of sp³-hybridized carbons (Fsp3) is 0.611. The molecule has 6 nitrogen and oxygen atoms in total. The van der Waals surface area contributed by atoms with E-state index in [0.717, 1.165) is 4.90 Å². The Morgan fingerprint density at radius 3 is 2.52 bits per heavy atom. The molecule has 1 atom stereocenters. The molecular weight excluding hydrogens is 399 g/mol. The van der Waals surface area contributed by atoms with E-state index in [1.165, 1.54) is 0 Å². The number of carboxylic acid groups (broad SMARTS) is 1. The van der Waals surface area contributed by atoms with Crippen molar-refractivity contribution in [2.75, 3.05) is 29.4 Å². The second kappa shape index (κ2) is 6.43. The van der Waals surface area contributed by atoms with E-state index in [9.17, 15) is 26.7 Å². The average Bonchev–Trinajstić information content (AvgIpc) is 2.83. The number of aromatic nitrogens is 1. The van der Waals surface area contributed by atoms with Crippen LogP contribution in [-0.2, 0) is 17.1 Å². The largest absolute Gasteiger partial charge is 0.481 e. The molecule has 0 aromatic carbocycles. The number of fused-ring (bicyclic) bond motifs is 1. The van der Waals surface area contributed by atoms with Gasteiger partial charge in [-0.2, -0.15) is 13.2 Å². The maximum Gasteiger partial charge on any atom is 0.408 e. The zero-order chi connectivity index (χ0) is 21.1. The molecule has 0 radical (unpaired) electrons. The minimum atomic E-state index is -4.55. The van der Waals surface area contributed by atoms with Crippen LogP contribution in [0.2, 0.25) is 0 Å². The van der Waals surface area contributed by atoms with Crippen LogP contribution in [0, 0.1) is 12.5 Å². The number of hydrogen-bond donors (Lipinski definition) is 1. The number of halogens is 5. The Balaban J connectivity index is 1.77. The molecule has 11 heteroatoms. The van der Waals surface area contributed by atoms with Gasteiger partial charge in [-0.25, -0.2) is 18.6 Å². The van der Waals surface area contributed by atoms with E-state index in [0.29, 0.717) is 0 Å². The van der Waals surface area contributed by atoms with Gasteiger partial charge in [0.15, 0.2) is 0 Å². The van der Waals surface area contributed by atoms with Crippen molar-refractivity contribution in [2.24, 2.45) is 5.92 Å². The molecule has 3 heterocycles. The Morgan fingerprint density at radius 2 is 2.00 bits per heavy atom. The minimum Gasteiger partial charge on any atom is -0.481 e. The summed E-state index contributed by atoms with van der Waals surface area (Å²) in [6.07, 6.45) is -5.38. The van der Waals surface area contributed by atoms with Gasteiger partial charge in [-0.05, 0) is 18.4 Å². The van der Waals surface area contributed by atoms with Crippen LogP contribution in [0.15, 0.2) is 0 Å². The summed E-state index contributed by atoms with van der Waals surface area (Å²) in [5.41, 5.74) is -0.854. The predicted molar refractivity (Wildman–Crippen MR) is 92.5 cm³/mol. The Morgan fingerprint density at radius 1 is 1.31 bits per heavy atom. The first kappa shape index (κ1) is 19.7. The highest BCUT2D eigenvalue weighted by atomic mass is 19.4. The third kappa shape index (κ3) is 3.14. The molecule has 1 aromatic rings. The van der Waals surface area contributed by atoms with E-state index in [1.807, 2.05) is 0 Å². The lowest BCUT2D eigenvalue weighted by atomic mass is 9.95. The number of alkyl halides is 5. The van der Waals surface area contributed by atoms with E-state index in [4.69, 9.17) is 11.7 Å². The van der Waals surface area contributed by atoms with E-state index in [1.54, 1.807) is 4.90 Å². The van der Waals surface area contributed by atoms with Crippen molar-refractivity contribution in [3.05, 3.63) is 22.5 Å². The van der Waals surface area contributed by atoms with Gasteiger partial charge < -0.3 is 14.9 Å². The highest BCUT2D eigenvalue weighted by Crippen LogP contribution is 2.54. The maximum atomic E-state index is 14.6. The highest BCUT2D eigenvalue weighted by molar-refractivity contribution is 5.80. The molecule has 1 N–H and O–H groups in total. The Hall–Kier alpha value is -2.64. The molecule has 2 saturated heterocycles. The lowest BCUT2D eigenvalue weighted by Crippen LogP contribution is -2.56. The summed E-state index contributed by atoms with van der Waals surface area (Å²) in [5, 5.41) is 8.88. The Kier molecular flexibility index (Phi) is 4.36. The SMILES string of the molecule is [C-]#[N+]c1c(N2CC[C@H]2C(F)(F)F)nc(N2CC(CC(=O)O)C2)c2c1C(F)(F)CC2. The third-order valence-electron chi connectivity index (χ3n) is 5.79. The second-order valence-corrected chi connectivity index (χ2v) is 7.69. The van der Waals surface area contributed by atoms with Crippen molar-refractivity contribution < 1.29 is 31.9 Å². The number of pyridine rings is 1. The molecule has 156 valence electrons. The van der Waals surface area contributed by atoms with Crippen LogP contribution in [0.4, 0.5) is 39.3 Å². The summed E-state index contributed by atoms with van der Waals surface area (Å²) in [5.74, 6) is -4.68. The molecule has 0 spiro atoms. The average molecular weight is 416 g/mol. The van der Waals surface area contributed by atoms with E-state index in [2.05, 4.69) is 9.83 Å². The molecule has 1 aliphatic carbocycles. The predicted octanol–water partition coefficient (Wildman–Crippen LogP) is 3.72. The van der Waals surface area contributed by atoms with Gasteiger partial charge in [0.1, 0.15) is 17.7 Å². The maximum absolute atomic E-state index is 14.6. The quantitative estimate of drug-likeness (QED) is 0.599. The van der Waals surface area contributed by atoms with Crippen molar-refractivity contribution >= 4 is 23.3 Å². The van der Waals surface area contributed by atoms with Crippen molar-refractivity contribution in [3.8, 4) is 0 Å². The van der Waals surface area contributed by atoms with Gasteiger partial charge in [-0.3, -0.25) is 4.79 Å². The van der Waals surface area contributed by atoms with Gasteiger partial charge in [0.25, 0.3) is 5.92 Å². The van der Waals surface area contributed by atoms with Crippen LogP contribution in [0.25, 0.3) is 4.85 Å². The van der Waals surface area contributed by atoms with Gasteiger partial charge >= 0.3 is 12.1 Å².